The number of likely N-dealkylation sites (tertiary alicyclic amines) is 1. The van der Waals surface area contributed by atoms with Crippen LogP contribution in [0.1, 0.15) is 24.8 Å². The van der Waals surface area contributed by atoms with Crippen LogP contribution in [0, 0.1) is 5.82 Å². The minimum atomic E-state index is -0.425. The van der Waals surface area contributed by atoms with Crippen LogP contribution < -0.4 is 5.73 Å². The van der Waals surface area contributed by atoms with Crippen LogP contribution in [0.5, 0.6) is 0 Å². The molecule has 0 bridgehead atoms. The van der Waals surface area contributed by atoms with E-state index in [1.54, 1.807) is 0 Å². The van der Waals surface area contributed by atoms with Crippen LogP contribution in [0.2, 0.25) is 0 Å². The van der Waals surface area contributed by atoms with E-state index in [0.717, 1.165) is 4.90 Å². The van der Waals surface area contributed by atoms with Crippen LogP contribution in [0.25, 0.3) is 0 Å². The minimum absolute atomic E-state index is 0.0568. The zero-order valence-corrected chi connectivity index (χ0v) is 9.28. The molecule has 0 saturated carbocycles. The first-order valence-electron chi connectivity index (χ1n) is 5.45. The van der Waals surface area contributed by atoms with Crippen LogP contribution in [-0.4, -0.2) is 16.7 Å². The largest absolute Gasteiger partial charge is 0.398 e. The lowest BCUT2D eigenvalue weighted by molar-refractivity contribution is -0.148. The van der Waals surface area contributed by atoms with Gasteiger partial charge in [-0.1, -0.05) is 0 Å². The van der Waals surface area contributed by atoms with Crippen molar-refractivity contribution in [3.05, 3.63) is 29.6 Å². The first-order chi connectivity index (χ1) is 8.08. The summed E-state index contributed by atoms with van der Waals surface area (Å²) in [5.41, 5.74) is 6.53. The van der Waals surface area contributed by atoms with Gasteiger partial charge in [0.2, 0.25) is 11.8 Å². The highest BCUT2D eigenvalue weighted by Gasteiger charge is 2.26. The average Bonchev–Trinajstić information content (AvgIpc) is 2.28. The molecule has 1 heterocycles. The number of anilines is 1. The number of benzene rings is 1. The molecular formula is C12H13FN2O2. The van der Waals surface area contributed by atoms with Crippen LogP contribution in [-0.2, 0) is 16.1 Å². The van der Waals surface area contributed by atoms with Gasteiger partial charge in [-0.3, -0.25) is 14.5 Å². The number of amides is 2. The Morgan fingerprint density at radius 2 is 1.88 bits per heavy atom. The van der Waals surface area contributed by atoms with E-state index < -0.39 is 5.82 Å². The molecule has 0 radical (unpaired) electrons. The average molecular weight is 236 g/mol. The van der Waals surface area contributed by atoms with Crippen molar-refractivity contribution in [2.45, 2.75) is 25.8 Å². The summed E-state index contributed by atoms with van der Waals surface area (Å²) in [6, 6.07) is 3.94. The van der Waals surface area contributed by atoms with Crippen molar-refractivity contribution in [3.63, 3.8) is 0 Å². The number of carbonyl (C=O) groups is 2. The molecule has 0 aromatic heterocycles. The third-order valence-corrected chi connectivity index (χ3v) is 2.82. The van der Waals surface area contributed by atoms with E-state index in [2.05, 4.69) is 0 Å². The number of imide groups is 1. The zero-order chi connectivity index (χ0) is 12.4. The minimum Gasteiger partial charge on any atom is -0.398 e. The topological polar surface area (TPSA) is 63.4 Å². The summed E-state index contributed by atoms with van der Waals surface area (Å²) in [4.78, 5) is 24.3. The van der Waals surface area contributed by atoms with Gasteiger partial charge in [-0.15, -0.1) is 0 Å². The van der Waals surface area contributed by atoms with Gasteiger partial charge in [0.25, 0.3) is 0 Å². The van der Waals surface area contributed by atoms with E-state index in [1.807, 2.05) is 0 Å². The van der Waals surface area contributed by atoms with Gasteiger partial charge in [-0.25, -0.2) is 4.39 Å². The number of carbonyl (C=O) groups excluding carboxylic acids is 2. The van der Waals surface area contributed by atoms with Gasteiger partial charge in [0, 0.05) is 18.5 Å². The van der Waals surface area contributed by atoms with E-state index in [9.17, 15) is 14.0 Å². The number of nitrogen functional groups attached to an aromatic ring is 1. The normalized spacial score (nSPS) is 16.4. The maximum Gasteiger partial charge on any atom is 0.229 e. The molecule has 5 heteroatoms. The lowest BCUT2D eigenvalue weighted by atomic mass is 10.1. The van der Waals surface area contributed by atoms with Crippen molar-refractivity contribution in [3.8, 4) is 0 Å². The van der Waals surface area contributed by atoms with Gasteiger partial charge in [0.05, 0.1) is 6.54 Å². The van der Waals surface area contributed by atoms with Gasteiger partial charge in [0.15, 0.2) is 0 Å². The summed E-state index contributed by atoms with van der Waals surface area (Å²) in [5.74, 6) is -0.860. The summed E-state index contributed by atoms with van der Waals surface area (Å²) in [5, 5.41) is 0. The maximum absolute atomic E-state index is 13.1. The number of nitrogens with two attached hydrogens (primary N) is 1. The van der Waals surface area contributed by atoms with Crippen LogP contribution in [0.4, 0.5) is 10.1 Å². The van der Waals surface area contributed by atoms with E-state index in [4.69, 9.17) is 5.73 Å². The number of halogens is 1. The third kappa shape index (κ3) is 2.43. The molecule has 1 aromatic carbocycles. The fourth-order valence-electron chi connectivity index (χ4n) is 1.86. The third-order valence-electron chi connectivity index (χ3n) is 2.82. The number of hydrogen-bond acceptors (Lipinski definition) is 3. The molecule has 0 aliphatic carbocycles. The van der Waals surface area contributed by atoms with E-state index in [0.29, 0.717) is 30.5 Å². The molecule has 17 heavy (non-hydrogen) atoms. The lowest BCUT2D eigenvalue weighted by Crippen LogP contribution is -2.39. The van der Waals surface area contributed by atoms with Gasteiger partial charge >= 0.3 is 0 Å². The Balaban J connectivity index is 2.21. The molecule has 1 saturated heterocycles. The van der Waals surface area contributed by atoms with Crippen LogP contribution in [0.15, 0.2) is 18.2 Å². The summed E-state index contributed by atoms with van der Waals surface area (Å²) >= 11 is 0. The summed E-state index contributed by atoms with van der Waals surface area (Å²) < 4.78 is 13.1. The Labute approximate surface area is 98.2 Å². The Hall–Kier alpha value is -1.91. The second-order valence-electron chi connectivity index (χ2n) is 4.07. The first kappa shape index (κ1) is 11.6. The molecule has 1 aromatic rings. The van der Waals surface area contributed by atoms with E-state index >= 15 is 0 Å². The number of piperidine rings is 1. The predicted molar refractivity (Wildman–Crippen MR) is 60.2 cm³/mol. The quantitative estimate of drug-likeness (QED) is 0.624. The Kier molecular flexibility index (Phi) is 3.08. The van der Waals surface area contributed by atoms with E-state index in [1.165, 1.54) is 18.2 Å². The zero-order valence-electron chi connectivity index (χ0n) is 9.28. The number of nitrogens with zero attached hydrogens (tertiary/aromatic N) is 1. The monoisotopic (exact) mass is 236 g/mol. The number of rotatable bonds is 2. The van der Waals surface area contributed by atoms with Crippen molar-refractivity contribution >= 4 is 17.5 Å². The first-order valence-corrected chi connectivity index (χ1v) is 5.45. The smallest absolute Gasteiger partial charge is 0.229 e. The molecule has 1 aliphatic rings. The van der Waals surface area contributed by atoms with E-state index in [-0.39, 0.29) is 18.4 Å². The Bertz CT molecular complexity index is 458. The molecule has 0 unspecified atom stereocenters. The molecule has 1 aliphatic heterocycles. The van der Waals surface area contributed by atoms with Gasteiger partial charge in [-0.05, 0) is 30.2 Å². The number of hydrogen-bond donors (Lipinski definition) is 1. The maximum atomic E-state index is 13.1. The second-order valence-corrected chi connectivity index (χ2v) is 4.07. The molecular weight excluding hydrogens is 223 g/mol. The summed E-state index contributed by atoms with van der Waals surface area (Å²) in [7, 11) is 0. The van der Waals surface area contributed by atoms with Gasteiger partial charge in [-0.2, -0.15) is 0 Å². The summed E-state index contributed by atoms with van der Waals surface area (Å²) in [6.45, 7) is 0.0568. The standard InChI is InChI=1S/C12H13FN2O2/c13-9-4-5-10(14)8(6-9)7-15-11(16)2-1-3-12(15)17/h4-6H,1-3,7,14H2. The lowest BCUT2D eigenvalue weighted by Gasteiger charge is -2.25. The predicted octanol–water partition coefficient (Wildman–Crippen LogP) is 1.45. The molecule has 2 rings (SSSR count). The highest BCUT2D eigenvalue weighted by molar-refractivity contribution is 5.97. The van der Waals surface area contributed by atoms with Crippen molar-refractivity contribution in [1.29, 1.82) is 0 Å². The van der Waals surface area contributed by atoms with Crippen molar-refractivity contribution in [1.82, 2.24) is 4.90 Å². The molecule has 90 valence electrons. The van der Waals surface area contributed by atoms with Gasteiger partial charge in [0.1, 0.15) is 5.82 Å². The second kappa shape index (κ2) is 4.53. The van der Waals surface area contributed by atoms with Crippen molar-refractivity contribution in [2.24, 2.45) is 0 Å². The fourth-order valence-corrected chi connectivity index (χ4v) is 1.86. The van der Waals surface area contributed by atoms with Gasteiger partial charge < -0.3 is 5.73 Å². The van der Waals surface area contributed by atoms with Crippen LogP contribution >= 0.6 is 0 Å². The molecule has 2 N–H and O–H groups in total. The van der Waals surface area contributed by atoms with Crippen LogP contribution in [0.3, 0.4) is 0 Å². The highest BCUT2D eigenvalue weighted by atomic mass is 19.1. The molecule has 1 fully saturated rings. The fraction of sp³-hybridized carbons (Fsp3) is 0.333. The van der Waals surface area contributed by atoms with Crippen molar-refractivity contribution in [2.75, 3.05) is 5.73 Å². The molecule has 4 nitrogen and oxygen atoms in total. The Morgan fingerprint density at radius 1 is 1.24 bits per heavy atom. The SMILES string of the molecule is Nc1ccc(F)cc1CN1C(=O)CCCC1=O. The molecule has 2 amide bonds. The summed E-state index contributed by atoms with van der Waals surface area (Å²) in [6.07, 6.45) is 1.31. The van der Waals surface area contributed by atoms with Crippen molar-refractivity contribution < 1.29 is 14.0 Å². The Morgan fingerprint density at radius 3 is 2.53 bits per heavy atom. The molecule has 0 spiro atoms. The molecule has 0 atom stereocenters. The highest BCUT2D eigenvalue weighted by Crippen LogP contribution is 2.20.